The van der Waals surface area contributed by atoms with Crippen LogP contribution in [0.5, 0.6) is 0 Å². The van der Waals surface area contributed by atoms with Crippen molar-refractivity contribution >= 4 is 73.9 Å². The molecule has 0 saturated carbocycles. The summed E-state index contributed by atoms with van der Waals surface area (Å²) in [6.07, 6.45) is 0.921. The Hall–Kier alpha value is -5.98. The Kier molecular flexibility index (Phi) is 17.6. The SMILES string of the molecule is COC(=O)CCCC(=O)Nc1cc(C(=O)NS(=O)(=O)c2ccc(N[C@H](CCN(C)C)CSc3ccccc3)c([N+](=O)[O-])c2)ccc1N1CCN(Cc2ccccc2-c2ccc(Cl)cc2)CC1. The molecule has 0 spiro atoms. The Morgan fingerprint density at radius 2 is 1.59 bits per heavy atom. The fourth-order valence-corrected chi connectivity index (χ4v) is 9.57. The molecular weight excluding hydrogens is 902 g/mol. The van der Waals surface area contributed by atoms with E-state index >= 15 is 0 Å². The third kappa shape index (κ3) is 14.0. The minimum absolute atomic E-state index is 0.00789. The van der Waals surface area contributed by atoms with Gasteiger partial charge in [0.1, 0.15) is 5.69 Å². The van der Waals surface area contributed by atoms with Gasteiger partial charge in [-0.2, -0.15) is 0 Å². The summed E-state index contributed by atoms with van der Waals surface area (Å²) in [4.78, 5) is 57.4. The topological polar surface area (TPSA) is 184 Å². The molecule has 66 heavy (non-hydrogen) atoms. The number of nitro groups is 1. The predicted molar refractivity (Wildman–Crippen MR) is 261 cm³/mol. The van der Waals surface area contributed by atoms with E-state index in [0.29, 0.717) is 62.2 Å². The van der Waals surface area contributed by atoms with Crippen LogP contribution in [0.1, 0.15) is 41.6 Å². The van der Waals surface area contributed by atoms with E-state index in [1.807, 2.05) is 85.7 Å². The smallest absolute Gasteiger partial charge is 0.305 e. The van der Waals surface area contributed by atoms with Crippen molar-refractivity contribution in [3.05, 3.63) is 142 Å². The number of methoxy groups -OCH3 is 1. The van der Waals surface area contributed by atoms with Crippen LogP contribution in [-0.4, -0.2) is 107 Å². The molecule has 1 aliphatic heterocycles. The van der Waals surface area contributed by atoms with E-state index in [1.54, 1.807) is 17.8 Å². The molecule has 0 radical (unpaired) electrons. The Labute approximate surface area is 395 Å². The van der Waals surface area contributed by atoms with E-state index in [2.05, 4.69) is 37.3 Å². The molecule has 1 atom stereocenters. The standard InChI is InChI=1S/C48H54ClN7O8S2/c1-53(2)25-24-38(33-65-39-11-5-4-6-12-39)50-42-22-21-40(31-45(42)56(60)61)66(62,63)52-48(59)35-18-23-44(43(30-35)51-46(57)14-9-15-47(58)64-3)55-28-26-54(27-29-55)32-36-10-7-8-13-41(36)34-16-19-37(49)20-17-34/h4-8,10-13,16-23,30-31,38,50H,9,14-15,24-29,32-33H2,1-3H3,(H,51,57)(H,52,59)/t38-/m1/s1. The number of hydrogen-bond acceptors (Lipinski definition) is 13. The summed E-state index contributed by atoms with van der Waals surface area (Å²) in [5.74, 6) is -1.27. The second-order valence-corrected chi connectivity index (χ2v) is 19.3. The van der Waals surface area contributed by atoms with Gasteiger partial charge >= 0.3 is 5.97 Å². The van der Waals surface area contributed by atoms with Crippen LogP contribution in [0.25, 0.3) is 11.1 Å². The Morgan fingerprint density at radius 1 is 0.879 bits per heavy atom. The number of benzene rings is 5. The Balaban J connectivity index is 1.17. The summed E-state index contributed by atoms with van der Waals surface area (Å²) >= 11 is 7.75. The van der Waals surface area contributed by atoms with Gasteiger partial charge in [0, 0.05) is 78.9 Å². The molecule has 348 valence electrons. The molecule has 5 aromatic carbocycles. The van der Waals surface area contributed by atoms with Crippen molar-refractivity contribution < 1.29 is 32.5 Å². The number of nitrogens with zero attached hydrogens (tertiary/aromatic N) is 4. The Morgan fingerprint density at radius 3 is 2.29 bits per heavy atom. The van der Waals surface area contributed by atoms with Gasteiger partial charge < -0.3 is 25.2 Å². The first-order chi connectivity index (χ1) is 31.7. The average molecular weight is 957 g/mol. The van der Waals surface area contributed by atoms with Gasteiger partial charge in [-0.1, -0.05) is 66.2 Å². The number of sulfonamides is 1. The summed E-state index contributed by atoms with van der Waals surface area (Å²) in [5.41, 5.74) is 3.87. The molecular formula is C48H54ClN7O8S2. The van der Waals surface area contributed by atoms with Crippen molar-refractivity contribution in [2.45, 2.75) is 48.1 Å². The lowest BCUT2D eigenvalue weighted by Crippen LogP contribution is -2.46. The molecule has 2 amide bonds. The van der Waals surface area contributed by atoms with Crippen molar-refractivity contribution in [1.29, 1.82) is 0 Å². The number of piperazine rings is 1. The molecule has 0 aromatic heterocycles. The van der Waals surface area contributed by atoms with Gasteiger partial charge in [-0.3, -0.25) is 29.4 Å². The number of hydrogen-bond donors (Lipinski definition) is 3. The molecule has 18 heteroatoms. The quantitative estimate of drug-likeness (QED) is 0.0277. The largest absolute Gasteiger partial charge is 0.469 e. The molecule has 6 rings (SSSR count). The number of carbonyl (C=O) groups is 3. The van der Waals surface area contributed by atoms with Crippen molar-refractivity contribution in [3.63, 3.8) is 0 Å². The van der Waals surface area contributed by atoms with Crippen molar-refractivity contribution in [1.82, 2.24) is 14.5 Å². The highest BCUT2D eigenvalue weighted by Crippen LogP contribution is 2.33. The summed E-state index contributed by atoms with van der Waals surface area (Å²) in [6.45, 7) is 3.95. The number of carbonyl (C=O) groups excluding carboxylic acids is 3. The van der Waals surface area contributed by atoms with Gasteiger partial charge in [0.15, 0.2) is 0 Å². The van der Waals surface area contributed by atoms with E-state index in [9.17, 15) is 32.9 Å². The number of nitro benzene ring substituents is 1. The first kappa shape index (κ1) is 49.5. The lowest BCUT2D eigenvalue weighted by Gasteiger charge is -2.37. The van der Waals surface area contributed by atoms with Crippen LogP contribution in [-0.2, 0) is 30.9 Å². The third-order valence-electron chi connectivity index (χ3n) is 11.0. The van der Waals surface area contributed by atoms with Crippen LogP contribution in [0, 0.1) is 10.1 Å². The molecule has 0 bridgehead atoms. The number of ether oxygens (including phenoxy) is 1. The predicted octanol–water partition coefficient (Wildman–Crippen LogP) is 8.16. The zero-order valence-corrected chi connectivity index (χ0v) is 39.5. The molecule has 5 aromatic rings. The average Bonchev–Trinajstić information content (AvgIpc) is 3.30. The fourth-order valence-electron chi connectivity index (χ4n) is 7.45. The zero-order chi connectivity index (χ0) is 47.2. The van der Waals surface area contributed by atoms with Crippen LogP contribution in [0.3, 0.4) is 0 Å². The molecule has 1 fully saturated rings. The maximum Gasteiger partial charge on any atom is 0.305 e. The van der Waals surface area contributed by atoms with Gasteiger partial charge in [-0.15, -0.1) is 11.8 Å². The lowest BCUT2D eigenvalue weighted by atomic mass is 9.99. The second kappa shape index (κ2) is 23.5. The van der Waals surface area contributed by atoms with Crippen LogP contribution >= 0.6 is 23.4 Å². The fraction of sp³-hybridized carbons (Fsp3) is 0.312. The maximum absolute atomic E-state index is 13.7. The molecule has 0 aliphatic carbocycles. The van der Waals surface area contributed by atoms with Crippen molar-refractivity contribution in [2.75, 3.05) is 75.2 Å². The van der Waals surface area contributed by atoms with Gasteiger partial charge in [0.2, 0.25) is 5.91 Å². The van der Waals surface area contributed by atoms with Crippen LogP contribution < -0.4 is 20.3 Å². The van der Waals surface area contributed by atoms with E-state index in [1.165, 1.54) is 36.9 Å². The number of anilines is 3. The van der Waals surface area contributed by atoms with Gasteiger partial charge in [-0.25, -0.2) is 13.1 Å². The van der Waals surface area contributed by atoms with Crippen LogP contribution in [0.15, 0.2) is 125 Å². The first-order valence-corrected chi connectivity index (χ1v) is 24.3. The minimum atomic E-state index is -4.62. The number of rotatable bonds is 21. The molecule has 15 nitrogen and oxygen atoms in total. The van der Waals surface area contributed by atoms with Crippen LogP contribution in [0.4, 0.5) is 22.7 Å². The number of esters is 1. The van der Waals surface area contributed by atoms with E-state index in [0.717, 1.165) is 22.1 Å². The normalized spacial score (nSPS) is 13.5. The summed E-state index contributed by atoms with van der Waals surface area (Å²) in [6, 6.07) is 33.6. The van der Waals surface area contributed by atoms with E-state index in [4.69, 9.17) is 16.3 Å². The lowest BCUT2D eigenvalue weighted by molar-refractivity contribution is -0.384. The monoisotopic (exact) mass is 955 g/mol. The zero-order valence-electron chi connectivity index (χ0n) is 37.1. The summed E-state index contributed by atoms with van der Waals surface area (Å²) in [5, 5.41) is 19.2. The van der Waals surface area contributed by atoms with E-state index in [-0.39, 0.29) is 42.2 Å². The summed E-state index contributed by atoms with van der Waals surface area (Å²) < 4.78 is 34.2. The molecule has 1 aliphatic rings. The molecule has 1 saturated heterocycles. The highest BCUT2D eigenvalue weighted by Gasteiger charge is 2.27. The molecule has 1 heterocycles. The maximum atomic E-state index is 13.7. The molecule has 0 unspecified atom stereocenters. The van der Waals surface area contributed by atoms with Gasteiger partial charge in [-0.05, 0) is 105 Å². The number of thioether (sulfide) groups is 1. The second-order valence-electron chi connectivity index (χ2n) is 16.1. The number of amides is 2. The van der Waals surface area contributed by atoms with Gasteiger partial charge in [0.05, 0.1) is 28.3 Å². The van der Waals surface area contributed by atoms with Crippen molar-refractivity contribution in [2.24, 2.45) is 0 Å². The third-order valence-corrected chi connectivity index (χ3v) is 13.8. The molecule has 3 N–H and O–H groups in total. The highest BCUT2D eigenvalue weighted by molar-refractivity contribution is 7.99. The Bertz CT molecular complexity index is 2590. The van der Waals surface area contributed by atoms with E-state index < -0.39 is 43.3 Å². The number of halogens is 1. The number of nitrogens with one attached hydrogen (secondary N) is 3. The van der Waals surface area contributed by atoms with Crippen molar-refractivity contribution in [3.8, 4) is 11.1 Å². The van der Waals surface area contributed by atoms with Gasteiger partial charge in [0.25, 0.3) is 21.6 Å². The summed E-state index contributed by atoms with van der Waals surface area (Å²) in [7, 11) is 0.531. The highest BCUT2D eigenvalue weighted by atomic mass is 35.5. The van der Waals surface area contributed by atoms with Crippen LogP contribution in [0.2, 0.25) is 5.02 Å². The first-order valence-electron chi connectivity index (χ1n) is 21.5. The minimum Gasteiger partial charge on any atom is -0.469 e.